The topological polar surface area (TPSA) is 71.4 Å². The second-order valence-corrected chi connectivity index (χ2v) is 5.29. The number of hydrogen-bond donors (Lipinski definition) is 1. The van der Waals surface area contributed by atoms with Crippen molar-refractivity contribution in [3.05, 3.63) is 57.5 Å². The largest absolute Gasteiger partial charge is 0.475 e. The first-order valence-electron chi connectivity index (χ1n) is 6.08. The average molecular weight is 306 g/mol. The number of aliphatic carboxylic acids is 1. The third kappa shape index (κ3) is 3.61. The number of hydrogen-bond acceptors (Lipinski definition) is 4. The Bertz CT molecular complexity index is 705. The van der Waals surface area contributed by atoms with Gasteiger partial charge in [0.1, 0.15) is 5.82 Å². The highest BCUT2D eigenvalue weighted by Crippen LogP contribution is 2.23. The number of thiophene rings is 1. The van der Waals surface area contributed by atoms with Crippen molar-refractivity contribution in [2.24, 2.45) is 0 Å². The van der Waals surface area contributed by atoms with Gasteiger partial charge < -0.3 is 5.11 Å². The molecule has 0 aliphatic carbocycles. The van der Waals surface area contributed by atoms with Crippen molar-refractivity contribution >= 4 is 28.9 Å². The lowest BCUT2D eigenvalue weighted by Gasteiger charge is -2.04. The first kappa shape index (κ1) is 15.1. The summed E-state index contributed by atoms with van der Waals surface area (Å²) in [4.78, 5) is 33.8. The zero-order valence-electron chi connectivity index (χ0n) is 10.8. The van der Waals surface area contributed by atoms with Gasteiger partial charge >= 0.3 is 5.97 Å². The maximum atomic E-state index is 13.6. The van der Waals surface area contributed by atoms with E-state index in [0.717, 1.165) is 11.3 Å². The molecule has 2 aromatic rings. The van der Waals surface area contributed by atoms with Crippen molar-refractivity contribution in [3.63, 3.8) is 0 Å². The molecule has 0 bridgehead atoms. The van der Waals surface area contributed by atoms with Crippen LogP contribution in [0.5, 0.6) is 0 Å². The minimum absolute atomic E-state index is 0.221. The Morgan fingerprint density at radius 3 is 2.48 bits per heavy atom. The molecule has 0 fully saturated rings. The highest BCUT2D eigenvalue weighted by molar-refractivity contribution is 7.12. The van der Waals surface area contributed by atoms with Crippen molar-refractivity contribution in [2.75, 3.05) is 0 Å². The van der Waals surface area contributed by atoms with Gasteiger partial charge in [-0.05, 0) is 28.6 Å². The van der Waals surface area contributed by atoms with Gasteiger partial charge in [-0.15, -0.1) is 11.3 Å². The molecule has 0 atom stereocenters. The van der Waals surface area contributed by atoms with Crippen molar-refractivity contribution < 1.29 is 23.9 Å². The van der Waals surface area contributed by atoms with E-state index in [-0.39, 0.29) is 12.2 Å². The van der Waals surface area contributed by atoms with Crippen LogP contribution < -0.4 is 0 Å². The summed E-state index contributed by atoms with van der Waals surface area (Å²) in [7, 11) is 0. The van der Waals surface area contributed by atoms with Gasteiger partial charge in [-0.3, -0.25) is 9.59 Å². The van der Waals surface area contributed by atoms with Crippen LogP contribution in [0.2, 0.25) is 0 Å². The fourth-order valence-electron chi connectivity index (χ4n) is 1.87. The molecule has 0 radical (unpaired) electrons. The van der Waals surface area contributed by atoms with E-state index in [1.54, 1.807) is 29.6 Å². The SMILES string of the molecule is O=C(O)C(=O)CC(=O)c1sccc1Cc1ccccc1F. The van der Waals surface area contributed by atoms with E-state index in [1.807, 2.05) is 0 Å². The number of Topliss-reactive ketones (excluding diaryl/α,β-unsaturated/α-hetero) is 2. The molecule has 0 amide bonds. The van der Waals surface area contributed by atoms with Gasteiger partial charge in [-0.2, -0.15) is 0 Å². The summed E-state index contributed by atoms with van der Waals surface area (Å²) >= 11 is 1.12. The number of carbonyl (C=O) groups is 3. The number of benzene rings is 1. The van der Waals surface area contributed by atoms with Crippen LogP contribution in [-0.4, -0.2) is 22.6 Å². The van der Waals surface area contributed by atoms with Crippen LogP contribution in [-0.2, 0) is 16.0 Å². The molecule has 0 spiro atoms. The fourth-order valence-corrected chi connectivity index (χ4v) is 2.73. The highest BCUT2D eigenvalue weighted by Gasteiger charge is 2.21. The summed E-state index contributed by atoms with van der Waals surface area (Å²) in [5, 5.41) is 10.2. The molecule has 2 rings (SSSR count). The lowest BCUT2D eigenvalue weighted by molar-refractivity contribution is -0.148. The van der Waals surface area contributed by atoms with Gasteiger partial charge in [0.2, 0.25) is 5.78 Å². The van der Waals surface area contributed by atoms with Crippen molar-refractivity contribution in [2.45, 2.75) is 12.8 Å². The third-order valence-corrected chi connectivity index (χ3v) is 3.90. The molecule has 1 aromatic heterocycles. The molecule has 0 saturated carbocycles. The number of carbonyl (C=O) groups excluding carboxylic acids is 2. The van der Waals surface area contributed by atoms with Gasteiger partial charge in [0.15, 0.2) is 5.78 Å². The molecule has 0 aliphatic rings. The molecule has 4 nitrogen and oxygen atoms in total. The Morgan fingerprint density at radius 2 is 1.81 bits per heavy atom. The van der Waals surface area contributed by atoms with E-state index in [2.05, 4.69) is 0 Å². The van der Waals surface area contributed by atoms with Crippen LogP contribution in [0.3, 0.4) is 0 Å². The van der Waals surface area contributed by atoms with Gasteiger partial charge in [0, 0.05) is 6.42 Å². The minimum Gasteiger partial charge on any atom is -0.475 e. The first-order chi connectivity index (χ1) is 9.99. The van der Waals surface area contributed by atoms with Crippen molar-refractivity contribution in [3.8, 4) is 0 Å². The van der Waals surface area contributed by atoms with Crippen LogP contribution in [0, 0.1) is 5.82 Å². The maximum absolute atomic E-state index is 13.6. The molecule has 0 unspecified atom stereocenters. The number of ketones is 2. The average Bonchev–Trinajstić information content (AvgIpc) is 2.89. The van der Waals surface area contributed by atoms with Crippen molar-refractivity contribution in [1.82, 2.24) is 0 Å². The van der Waals surface area contributed by atoms with Gasteiger partial charge in [-0.25, -0.2) is 9.18 Å². The van der Waals surface area contributed by atoms with E-state index in [0.29, 0.717) is 16.0 Å². The third-order valence-electron chi connectivity index (χ3n) is 2.90. The Balaban J connectivity index is 2.19. The molecule has 0 saturated heterocycles. The molecule has 6 heteroatoms. The molecule has 21 heavy (non-hydrogen) atoms. The highest BCUT2D eigenvalue weighted by atomic mass is 32.1. The van der Waals surface area contributed by atoms with Crippen LogP contribution in [0.4, 0.5) is 4.39 Å². The van der Waals surface area contributed by atoms with E-state index < -0.39 is 24.0 Å². The Kier molecular flexibility index (Phi) is 4.59. The smallest absolute Gasteiger partial charge is 0.372 e. The van der Waals surface area contributed by atoms with Crippen LogP contribution >= 0.6 is 11.3 Å². The van der Waals surface area contributed by atoms with Crippen molar-refractivity contribution in [1.29, 1.82) is 0 Å². The first-order valence-corrected chi connectivity index (χ1v) is 6.96. The summed E-state index contributed by atoms with van der Waals surface area (Å²) in [6, 6.07) is 7.89. The second kappa shape index (κ2) is 6.41. The Morgan fingerprint density at radius 1 is 1.10 bits per heavy atom. The fraction of sp³-hybridized carbons (Fsp3) is 0.133. The summed E-state index contributed by atoms with van der Waals surface area (Å²) in [6.07, 6.45) is -0.460. The minimum atomic E-state index is -1.63. The number of carboxylic acids is 1. The molecular formula is C15H11FO4S. The molecule has 1 aromatic carbocycles. The number of carboxylic acid groups (broad SMARTS) is 1. The summed E-state index contributed by atoms with van der Waals surface area (Å²) in [5.41, 5.74) is 1.03. The quantitative estimate of drug-likeness (QED) is 0.506. The summed E-state index contributed by atoms with van der Waals surface area (Å²) in [6.45, 7) is 0. The predicted molar refractivity (Wildman–Crippen MR) is 75.1 cm³/mol. The number of rotatable bonds is 6. The second-order valence-electron chi connectivity index (χ2n) is 4.37. The van der Waals surface area contributed by atoms with E-state index in [4.69, 9.17) is 5.11 Å². The van der Waals surface area contributed by atoms with Crippen LogP contribution in [0.1, 0.15) is 27.2 Å². The molecular weight excluding hydrogens is 295 g/mol. The number of halogens is 1. The van der Waals surface area contributed by atoms with Gasteiger partial charge in [-0.1, -0.05) is 18.2 Å². The lowest BCUT2D eigenvalue weighted by atomic mass is 10.0. The summed E-state index contributed by atoms with van der Waals surface area (Å²) < 4.78 is 13.6. The van der Waals surface area contributed by atoms with Crippen LogP contribution in [0.25, 0.3) is 0 Å². The molecule has 108 valence electrons. The Labute approximate surface area is 123 Å². The molecule has 1 heterocycles. The maximum Gasteiger partial charge on any atom is 0.372 e. The molecule has 1 N–H and O–H groups in total. The normalized spacial score (nSPS) is 10.3. The standard InChI is InChI=1S/C15H11FO4S/c16-11-4-2-1-3-9(11)7-10-5-6-21-14(10)12(17)8-13(18)15(19)20/h1-6H,7-8H2,(H,19,20). The lowest BCUT2D eigenvalue weighted by Crippen LogP contribution is -2.17. The van der Waals surface area contributed by atoms with Gasteiger partial charge in [0.05, 0.1) is 11.3 Å². The zero-order valence-corrected chi connectivity index (χ0v) is 11.7. The van der Waals surface area contributed by atoms with E-state index in [9.17, 15) is 18.8 Å². The summed E-state index contributed by atoms with van der Waals surface area (Å²) in [5.74, 6) is -3.70. The Hall–Kier alpha value is -2.34. The van der Waals surface area contributed by atoms with E-state index in [1.165, 1.54) is 6.07 Å². The monoisotopic (exact) mass is 306 g/mol. The van der Waals surface area contributed by atoms with E-state index >= 15 is 0 Å². The molecule has 0 aliphatic heterocycles. The zero-order chi connectivity index (χ0) is 15.4. The van der Waals surface area contributed by atoms with Gasteiger partial charge in [0.25, 0.3) is 0 Å². The van der Waals surface area contributed by atoms with Crippen LogP contribution in [0.15, 0.2) is 35.7 Å². The predicted octanol–water partition coefficient (Wildman–Crippen LogP) is 2.70.